The van der Waals surface area contributed by atoms with E-state index in [2.05, 4.69) is 5.32 Å². The maximum atomic E-state index is 9.38. The SMILES string of the molecule is CCC(CO)(CO)NCc1cccc(OC(C)C)c1. The van der Waals surface area contributed by atoms with E-state index in [1.165, 1.54) is 0 Å². The van der Waals surface area contributed by atoms with Crippen LogP contribution < -0.4 is 10.1 Å². The van der Waals surface area contributed by atoms with Crippen molar-refractivity contribution in [1.82, 2.24) is 5.32 Å². The minimum absolute atomic E-state index is 0.0812. The van der Waals surface area contributed by atoms with Crippen molar-refractivity contribution in [3.63, 3.8) is 0 Å². The molecule has 0 aliphatic heterocycles. The van der Waals surface area contributed by atoms with Gasteiger partial charge in [0.1, 0.15) is 5.75 Å². The number of hydrogen-bond acceptors (Lipinski definition) is 4. The minimum Gasteiger partial charge on any atom is -0.491 e. The summed E-state index contributed by atoms with van der Waals surface area (Å²) in [5.41, 5.74) is 0.451. The lowest BCUT2D eigenvalue weighted by molar-refractivity contribution is 0.0864. The predicted octanol–water partition coefficient (Wildman–Crippen LogP) is 1.70. The average molecular weight is 267 g/mol. The second-order valence-corrected chi connectivity index (χ2v) is 5.12. The molecule has 0 unspecified atom stereocenters. The fourth-order valence-corrected chi connectivity index (χ4v) is 1.80. The molecular formula is C15H25NO3. The maximum absolute atomic E-state index is 9.38. The molecule has 4 nitrogen and oxygen atoms in total. The molecule has 0 fully saturated rings. The number of aliphatic hydroxyl groups is 2. The van der Waals surface area contributed by atoms with Gasteiger partial charge in [0.25, 0.3) is 0 Å². The third-order valence-corrected chi connectivity index (χ3v) is 3.22. The summed E-state index contributed by atoms with van der Waals surface area (Å²) < 4.78 is 5.64. The predicted molar refractivity (Wildman–Crippen MR) is 76.2 cm³/mol. The van der Waals surface area contributed by atoms with Crippen LogP contribution in [0.15, 0.2) is 24.3 Å². The van der Waals surface area contributed by atoms with Crippen molar-refractivity contribution in [2.24, 2.45) is 0 Å². The molecule has 0 aliphatic carbocycles. The van der Waals surface area contributed by atoms with Crippen molar-refractivity contribution in [2.45, 2.75) is 45.4 Å². The van der Waals surface area contributed by atoms with Crippen LogP contribution in [0, 0.1) is 0 Å². The second-order valence-electron chi connectivity index (χ2n) is 5.12. The quantitative estimate of drug-likeness (QED) is 0.671. The molecule has 1 aromatic carbocycles. The summed E-state index contributed by atoms with van der Waals surface area (Å²) in [6, 6.07) is 7.84. The summed E-state index contributed by atoms with van der Waals surface area (Å²) in [6.07, 6.45) is 0.815. The highest BCUT2D eigenvalue weighted by Crippen LogP contribution is 2.16. The number of nitrogens with one attached hydrogen (secondary N) is 1. The first-order valence-electron chi connectivity index (χ1n) is 6.77. The van der Waals surface area contributed by atoms with E-state index in [9.17, 15) is 10.2 Å². The van der Waals surface area contributed by atoms with Crippen molar-refractivity contribution in [3.05, 3.63) is 29.8 Å². The largest absolute Gasteiger partial charge is 0.491 e. The molecule has 0 spiro atoms. The van der Waals surface area contributed by atoms with Gasteiger partial charge in [0.15, 0.2) is 0 Å². The first-order valence-corrected chi connectivity index (χ1v) is 6.77. The monoisotopic (exact) mass is 267 g/mol. The van der Waals surface area contributed by atoms with Crippen molar-refractivity contribution < 1.29 is 14.9 Å². The molecule has 0 radical (unpaired) electrons. The molecule has 108 valence electrons. The highest BCUT2D eigenvalue weighted by molar-refractivity contribution is 5.28. The molecule has 0 amide bonds. The highest BCUT2D eigenvalue weighted by Gasteiger charge is 2.25. The molecular weight excluding hydrogens is 242 g/mol. The van der Waals surface area contributed by atoms with Gasteiger partial charge in [0.2, 0.25) is 0 Å². The summed E-state index contributed by atoms with van der Waals surface area (Å²) in [6.45, 7) is 6.35. The fourth-order valence-electron chi connectivity index (χ4n) is 1.80. The van der Waals surface area contributed by atoms with E-state index in [0.29, 0.717) is 13.0 Å². The van der Waals surface area contributed by atoms with Gasteiger partial charge in [-0.1, -0.05) is 19.1 Å². The Balaban J connectivity index is 2.66. The van der Waals surface area contributed by atoms with Crippen molar-refractivity contribution in [1.29, 1.82) is 0 Å². The zero-order valence-corrected chi connectivity index (χ0v) is 12.0. The second kappa shape index (κ2) is 7.48. The molecule has 1 aromatic rings. The van der Waals surface area contributed by atoms with Gasteiger partial charge in [-0.25, -0.2) is 0 Å². The number of aliphatic hydroxyl groups excluding tert-OH is 2. The Labute approximate surface area is 115 Å². The molecule has 0 bridgehead atoms. The minimum atomic E-state index is -0.616. The summed E-state index contributed by atoms with van der Waals surface area (Å²) in [4.78, 5) is 0. The van der Waals surface area contributed by atoms with Crippen LogP contribution in [0.25, 0.3) is 0 Å². The van der Waals surface area contributed by atoms with Crippen LogP contribution in [-0.2, 0) is 6.54 Å². The maximum Gasteiger partial charge on any atom is 0.120 e. The molecule has 0 heterocycles. The Morgan fingerprint density at radius 1 is 1.26 bits per heavy atom. The Kier molecular flexibility index (Phi) is 6.28. The Bertz CT molecular complexity index is 367. The molecule has 4 heteroatoms. The lowest BCUT2D eigenvalue weighted by Crippen LogP contribution is -2.50. The number of ether oxygens (including phenoxy) is 1. The highest BCUT2D eigenvalue weighted by atomic mass is 16.5. The van der Waals surface area contributed by atoms with Crippen LogP contribution in [0.2, 0.25) is 0 Å². The summed E-state index contributed by atoms with van der Waals surface area (Å²) in [7, 11) is 0. The molecule has 0 saturated heterocycles. The smallest absolute Gasteiger partial charge is 0.120 e. The van der Waals surface area contributed by atoms with E-state index < -0.39 is 5.54 Å². The first kappa shape index (κ1) is 16.0. The Hall–Kier alpha value is -1.10. The van der Waals surface area contributed by atoms with Crippen LogP contribution in [0.4, 0.5) is 0 Å². The van der Waals surface area contributed by atoms with Gasteiger partial charge in [-0.3, -0.25) is 0 Å². The van der Waals surface area contributed by atoms with Gasteiger partial charge >= 0.3 is 0 Å². The lowest BCUT2D eigenvalue weighted by Gasteiger charge is -2.30. The van der Waals surface area contributed by atoms with E-state index in [0.717, 1.165) is 11.3 Å². The summed E-state index contributed by atoms with van der Waals surface area (Å²) in [5.74, 6) is 0.837. The van der Waals surface area contributed by atoms with Crippen LogP contribution >= 0.6 is 0 Å². The first-order chi connectivity index (χ1) is 9.05. The van der Waals surface area contributed by atoms with E-state index >= 15 is 0 Å². The average Bonchev–Trinajstić information content (AvgIpc) is 2.41. The zero-order valence-electron chi connectivity index (χ0n) is 12.0. The molecule has 0 saturated carbocycles. The Morgan fingerprint density at radius 2 is 1.95 bits per heavy atom. The molecule has 3 N–H and O–H groups in total. The van der Waals surface area contributed by atoms with Gasteiger partial charge in [-0.05, 0) is 38.0 Å². The van der Waals surface area contributed by atoms with Crippen LogP contribution in [0.1, 0.15) is 32.8 Å². The third kappa shape index (κ3) is 4.82. The lowest BCUT2D eigenvalue weighted by atomic mass is 9.98. The van der Waals surface area contributed by atoms with E-state index in [4.69, 9.17) is 4.74 Å². The van der Waals surface area contributed by atoms with Crippen LogP contribution in [0.5, 0.6) is 5.75 Å². The van der Waals surface area contributed by atoms with E-state index in [-0.39, 0.29) is 19.3 Å². The zero-order chi connectivity index (χ0) is 14.3. The summed E-state index contributed by atoms with van der Waals surface area (Å²) >= 11 is 0. The number of hydrogen-bond donors (Lipinski definition) is 3. The Morgan fingerprint density at radius 3 is 2.47 bits per heavy atom. The number of rotatable bonds is 8. The van der Waals surface area contributed by atoms with E-state index in [1.54, 1.807) is 0 Å². The fraction of sp³-hybridized carbons (Fsp3) is 0.600. The van der Waals surface area contributed by atoms with Crippen molar-refractivity contribution >= 4 is 0 Å². The van der Waals surface area contributed by atoms with Gasteiger partial charge < -0.3 is 20.3 Å². The van der Waals surface area contributed by atoms with Crippen LogP contribution in [-0.4, -0.2) is 35.1 Å². The topological polar surface area (TPSA) is 61.7 Å². The standard InChI is InChI=1S/C15H25NO3/c1-4-15(10-17,11-18)16-9-13-6-5-7-14(8-13)19-12(2)3/h5-8,12,16-18H,4,9-11H2,1-3H3. The molecule has 0 atom stereocenters. The molecule has 19 heavy (non-hydrogen) atoms. The van der Waals surface area contributed by atoms with Gasteiger partial charge in [-0.15, -0.1) is 0 Å². The van der Waals surface area contributed by atoms with Gasteiger partial charge in [0, 0.05) is 6.54 Å². The molecule has 0 aromatic heterocycles. The molecule has 0 aliphatic rings. The normalized spacial score (nSPS) is 11.9. The van der Waals surface area contributed by atoms with Crippen molar-refractivity contribution in [3.8, 4) is 5.75 Å². The molecule has 1 rings (SSSR count). The van der Waals surface area contributed by atoms with Crippen LogP contribution in [0.3, 0.4) is 0 Å². The van der Waals surface area contributed by atoms with Gasteiger partial charge in [0.05, 0.1) is 24.9 Å². The number of benzene rings is 1. The third-order valence-electron chi connectivity index (χ3n) is 3.22. The van der Waals surface area contributed by atoms with Crippen molar-refractivity contribution in [2.75, 3.05) is 13.2 Å². The van der Waals surface area contributed by atoms with E-state index in [1.807, 2.05) is 45.0 Å². The van der Waals surface area contributed by atoms with Gasteiger partial charge in [-0.2, -0.15) is 0 Å². The summed E-state index contributed by atoms with van der Waals surface area (Å²) in [5, 5.41) is 22.0.